The molecule has 0 atom stereocenters. The second-order valence-electron chi connectivity index (χ2n) is 16.5. The van der Waals surface area contributed by atoms with Crippen LogP contribution in [0.2, 0.25) is 0 Å². The number of furan rings is 1. The van der Waals surface area contributed by atoms with Crippen molar-refractivity contribution in [3.63, 3.8) is 0 Å². The van der Waals surface area contributed by atoms with E-state index in [1.807, 2.05) is 6.07 Å². The molecule has 284 valence electrons. The zero-order chi connectivity index (χ0) is 40.0. The molecule has 12 rings (SSSR count). The van der Waals surface area contributed by atoms with Crippen LogP contribution >= 0.6 is 0 Å². The molecule has 0 N–H and O–H groups in total. The van der Waals surface area contributed by atoms with Crippen molar-refractivity contribution < 1.29 is 4.42 Å². The molecule has 60 heavy (non-hydrogen) atoms. The summed E-state index contributed by atoms with van der Waals surface area (Å²) in [5.41, 5.74) is 18.5. The average molecular weight is 769 g/mol. The molecule has 11 aromatic rings. The van der Waals surface area contributed by atoms with Crippen LogP contribution in [0.4, 0.5) is 17.1 Å². The third-order valence-corrected chi connectivity index (χ3v) is 12.8. The summed E-state index contributed by atoms with van der Waals surface area (Å²) in [6, 6.07) is 74.8. The molecule has 0 aliphatic heterocycles. The van der Waals surface area contributed by atoms with Gasteiger partial charge in [0.25, 0.3) is 0 Å². The predicted octanol–water partition coefficient (Wildman–Crippen LogP) is 15.8. The number of para-hydroxylation sites is 3. The Labute approximate surface area is 349 Å². The van der Waals surface area contributed by atoms with E-state index in [1.54, 1.807) is 0 Å². The number of nitrogens with zero attached hydrogens (tertiary/aromatic N) is 2. The van der Waals surface area contributed by atoms with E-state index in [1.165, 1.54) is 77.1 Å². The number of hydrogen-bond acceptors (Lipinski definition) is 2. The molecule has 1 aliphatic carbocycles. The summed E-state index contributed by atoms with van der Waals surface area (Å²) in [4.78, 5) is 2.38. The van der Waals surface area contributed by atoms with Gasteiger partial charge in [0, 0.05) is 49.7 Å². The highest BCUT2D eigenvalue weighted by Gasteiger charge is 2.38. The normalized spacial score (nSPS) is 13.0. The molecule has 0 amide bonds. The van der Waals surface area contributed by atoms with Gasteiger partial charge in [-0.15, -0.1) is 0 Å². The molecule has 0 bridgehead atoms. The number of rotatable bonds is 6. The molecule has 2 aromatic heterocycles. The van der Waals surface area contributed by atoms with Crippen LogP contribution in [0.15, 0.2) is 211 Å². The summed E-state index contributed by atoms with van der Waals surface area (Å²) in [7, 11) is 0. The number of anilines is 3. The summed E-state index contributed by atoms with van der Waals surface area (Å²) in [5, 5.41) is 4.93. The first-order valence-corrected chi connectivity index (χ1v) is 20.8. The smallest absolute Gasteiger partial charge is 0.135 e. The zero-order valence-corrected chi connectivity index (χ0v) is 33.4. The Bertz CT molecular complexity index is 3390. The lowest BCUT2D eigenvalue weighted by molar-refractivity contribution is 0.657. The van der Waals surface area contributed by atoms with Gasteiger partial charge in [0.15, 0.2) is 0 Å². The third kappa shape index (κ3) is 5.22. The largest absolute Gasteiger partial charge is 0.456 e. The minimum Gasteiger partial charge on any atom is -0.456 e. The highest BCUT2D eigenvalue weighted by Crippen LogP contribution is 2.54. The molecule has 3 heteroatoms. The van der Waals surface area contributed by atoms with Crippen LogP contribution in [-0.4, -0.2) is 4.57 Å². The fraction of sp³-hybridized carbons (Fsp3) is 0.0526. The lowest BCUT2D eigenvalue weighted by atomic mass is 9.80. The summed E-state index contributed by atoms with van der Waals surface area (Å²) in [6.45, 7) is 4.73. The van der Waals surface area contributed by atoms with Crippen molar-refractivity contribution in [1.29, 1.82) is 0 Å². The van der Waals surface area contributed by atoms with Gasteiger partial charge in [-0.1, -0.05) is 141 Å². The Morgan fingerprint density at radius 2 is 0.983 bits per heavy atom. The maximum atomic E-state index is 6.35. The van der Waals surface area contributed by atoms with E-state index in [-0.39, 0.29) is 5.41 Å². The van der Waals surface area contributed by atoms with E-state index in [0.717, 1.165) is 33.9 Å². The molecule has 2 heterocycles. The molecule has 0 spiro atoms. The fourth-order valence-corrected chi connectivity index (χ4v) is 9.96. The monoisotopic (exact) mass is 768 g/mol. The van der Waals surface area contributed by atoms with Crippen LogP contribution < -0.4 is 4.90 Å². The van der Waals surface area contributed by atoms with Crippen molar-refractivity contribution in [2.45, 2.75) is 19.3 Å². The van der Waals surface area contributed by atoms with Gasteiger partial charge in [-0.3, -0.25) is 0 Å². The first-order valence-electron chi connectivity index (χ1n) is 20.8. The predicted molar refractivity (Wildman–Crippen MR) is 251 cm³/mol. The van der Waals surface area contributed by atoms with E-state index in [4.69, 9.17) is 4.42 Å². The Balaban J connectivity index is 0.964. The molecule has 3 nitrogen and oxygen atoms in total. The molecule has 9 aromatic carbocycles. The average Bonchev–Trinajstić information content (AvgIpc) is 3.92. The van der Waals surface area contributed by atoms with Gasteiger partial charge >= 0.3 is 0 Å². The maximum Gasteiger partial charge on any atom is 0.135 e. The zero-order valence-electron chi connectivity index (χ0n) is 33.4. The SMILES string of the molecule is CC1(C)c2cc(-c3cccc(N(c4ccc(-c5ccccc5)cc4)c4ccc(-n5c6ccccc6c6ccccc65)cc4)c3)ccc2-c2ccc3oc4ccccc4c3c21. The summed E-state index contributed by atoms with van der Waals surface area (Å²) < 4.78 is 8.73. The van der Waals surface area contributed by atoms with Crippen molar-refractivity contribution in [3.8, 4) is 39.1 Å². The van der Waals surface area contributed by atoms with E-state index in [2.05, 4.69) is 224 Å². The molecule has 0 fully saturated rings. The van der Waals surface area contributed by atoms with Gasteiger partial charge in [-0.25, -0.2) is 0 Å². The lowest BCUT2D eigenvalue weighted by Gasteiger charge is -2.27. The Morgan fingerprint density at radius 3 is 1.72 bits per heavy atom. The molecule has 0 saturated heterocycles. The van der Waals surface area contributed by atoms with Crippen molar-refractivity contribution in [1.82, 2.24) is 4.57 Å². The van der Waals surface area contributed by atoms with Crippen LogP contribution in [0.5, 0.6) is 0 Å². The topological polar surface area (TPSA) is 21.3 Å². The number of aromatic nitrogens is 1. The van der Waals surface area contributed by atoms with Crippen molar-refractivity contribution >= 4 is 60.8 Å². The van der Waals surface area contributed by atoms with Gasteiger partial charge in [-0.05, 0) is 123 Å². The lowest BCUT2D eigenvalue weighted by Crippen LogP contribution is -2.15. The number of benzene rings is 9. The van der Waals surface area contributed by atoms with E-state index >= 15 is 0 Å². The number of fused-ring (bicyclic) bond motifs is 10. The van der Waals surface area contributed by atoms with Gasteiger partial charge in [0.1, 0.15) is 11.2 Å². The second-order valence-corrected chi connectivity index (χ2v) is 16.5. The highest BCUT2D eigenvalue weighted by atomic mass is 16.3. The van der Waals surface area contributed by atoms with Crippen molar-refractivity contribution in [2.24, 2.45) is 0 Å². The quantitative estimate of drug-likeness (QED) is 0.168. The highest BCUT2D eigenvalue weighted by molar-refractivity contribution is 6.11. The van der Waals surface area contributed by atoms with Crippen molar-refractivity contribution in [2.75, 3.05) is 4.90 Å². The van der Waals surface area contributed by atoms with Gasteiger partial charge in [0.05, 0.1) is 11.0 Å². The van der Waals surface area contributed by atoms with E-state index in [9.17, 15) is 0 Å². The Hall–Kier alpha value is -7.62. The molecule has 0 saturated carbocycles. The summed E-state index contributed by atoms with van der Waals surface area (Å²) in [5.74, 6) is 0. The van der Waals surface area contributed by atoms with Gasteiger partial charge in [0.2, 0.25) is 0 Å². The standard InChI is InChI=1S/C57H40N2O/c1-57(2)50-36-40(25-32-45(50)48-33-34-54-55(56(48)57)49-19-8-11-22-53(49)60-54)39-15-12-16-44(35-39)58(41-26-23-38(24-27-41)37-13-4-3-5-14-37)42-28-30-43(31-29-42)59-51-20-9-6-17-46(51)47-18-7-10-21-52(47)59/h3-36H,1-2H3. The van der Waals surface area contributed by atoms with E-state index in [0.29, 0.717) is 0 Å². The van der Waals surface area contributed by atoms with Crippen LogP contribution in [0.1, 0.15) is 25.0 Å². The third-order valence-electron chi connectivity index (χ3n) is 12.8. The number of hydrogen-bond donors (Lipinski definition) is 0. The van der Waals surface area contributed by atoms with E-state index < -0.39 is 0 Å². The van der Waals surface area contributed by atoms with Gasteiger partial charge in [-0.2, -0.15) is 0 Å². The molecule has 0 unspecified atom stereocenters. The first kappa shape index (κ1) is 34.4. The van der Waals surface area contributed by atoms with Crippen molar-refractivity contribution in [3.05, 3.63) is 217 Å². The minimum atomic E-state index is -0.213. The van der Waals surface area contributed by atoms with Crippen LogP contribution in [-0.2, 0) is 5.41 Å². The summed E-state index contributed by atoms with van der Waals surface area (Å²) in [6.07, 6.45) is 0. The van der Waals surface area contributed by atoms with Gasteiger partial charge < -0.3 is 13.9 Å². The Morgan fingerprint density at radius 1 is 0.417 bits per heavy atom. The maximum absolute atomic E-state index is 6.35. The molecular formula is C57H40N2O. The van der Waals surface area contributed by atoms with Crippen LogP contribution in [0.25, 0.3) is 82.8 Å². The summed E-state index contributed by atoms with van der Waals surface area (Å²) >= 11 is 0. The molecule has 0 radical (unpaired) electrons. The van der Waals surface area contributed by atoms with Crippen LogP contribution in [0.3, 0.4) is 0 Å². The fourth-order valence-electron chi connectivity index (χ4n) is 9.96. The first-order chi connectivity index (χ1) is 29.5. The van der Waals surface area contributed by atoms with Crippen LogP contribution in [0, 0.1) is 0 Å². The molecular weight excluding hydrogens is 729 g/mol. The molecule has 1 aliphatic rings. The second kappa shape index (κ2) is 13.2. The minimum absolute atomic E-state index is 0.213. The Kier molecular flexibility index (Phi) is 7.58.